The Morgan fingerprint density at radius 1 is 1.15 bits per heavy atom. The van der Waals surface area contributed by atoms with E-state index in [9.17, 15) is 14.4 Å². The van der Waals surface area contributed by atoms with Crippen molar-refractivity contribution < 1.29 is 23.9 Å². The smallest absolute Gasteiger partial charge is 0.371 e. The van der Waals surface area contributed by atoms with Gasteiger partial charge in [0, 0.05) is 0 Å². The van der Waals surface area contributed by atoms with Crippen molar-refractivity contribution in [2.75, 3.05) is 12.0 Å². The summed E-state index contributed by atoms with van der Waals surface area (Å²) in [5, 5.41) is 14.3. The lowest BCUT2D eigenvalue weighted by Crippen LogP contribution is -2.47. The van der Waals surface area contributed by atoms with Crippen LogP contribution < -0.4 is 10.6 Å². The van der Waals surface area contributed by atoms with Crippen LogP contribution in [0.1, 0.15) is 28.3 Å². The minimum Gasteiger partial charge on any atom is -0.475 e. The largest absolute Gasteiger partial charge is 0.475 e. The topological polar surface area (TPSA) is 109 Å². The average molecular weight is 390 g/mol. The first kappa shape index (κ1) is 20.6. The van der Waals surface area contributed by atoms with Gasteiger partial charge in [-0.15, -0.1) is 0 Å². The van der Waals surface area contributed by atoms with Crippen molar-refractivity contribution in [1.29, 1.82) is 0 Å². The molecule has 1 unspecified atom stereocenters. The quantitative estimate of drug-likeness (QED) is 0.573. The summed E-state index contributed by atoms with van der Waals surface area (Å²) in [6.07, 6.45) is 2.62. The third kappa shape index (κ3) is 6.82. The van der Waals surface area contributed by atoms with Crippen molar-refractivity contribution in [1.82, 2.24) is 10.6 Å². The second-order valence-electron chi connectivity index (χ2n) is 5.85. The summed E-state index contributed by atoms with van der Waals surface area (Å²) in [6, 6.07) is 11.5. The molecule has 1 heterocycles. The van der Waals surface area contributed by atoms with Gasteiger partial charge in [0.1, 0.15) is 11.8 Å². The predicted molar refractivity (Wildman–Crippen MR) is 103 cm³/mol. The number of aromatic carboxylic acids is 1. The molecule has 0 saturated heterocycles. The summed E-state index contributed by atoms with van der Waals surface area (Å²) in [5.41, 5.74) is 0.871. The number of hydrogen-bond acceptors (Lipinski definition) is 5. The molecule has 0 bridgehead atoms. The summed E-state index contributed by atoms with van der Waals surface area (Å²) in [7, 11) is 0. The van der Waals surface area contributed by atoms with Crippen LogP contribution in [0.25, 0.3) is 0 Å². The molecule has 0 radical (unpaired) electrons. The van der Waals surface area contributed by atoms with Crippen LogP contribution in [0.5, 0.6) is 0 Å². The zero-order valence-electron chi connectivity index (χ0n) is 14.9. The van der Waals surface area contributed by atoms with Crippen molar-refractivity contribution >= 4 is 29.5 Å². The third-order valence-electron chi connectivity index (χ3n) is 3.78. The Kier molecular flexibility index (Phi) is 7.94. The molecule has 8 heteroatoms. The van der Waals surface area contributed by atoms with E-state index < -0.39 is 12.0 Å². The van der Waals surface area contributed by atoms with E-state index in [1.165, 1.54) is 12.1 Å². The van der Waals surface area contributed by atoms with Crippen LogP contribution >= 0.6 is 11.8 Å². The molecule has 1 aromatic heterocycles. The van der Waals surface area contributed by atoms with E-state index in [1.807, 2.05) is 36.6 Å². The Labute approximate surface area is 161 Å². The van der Waals surface area contributed by atoms with E-state index in [-0.39, 0.29) is 30.5 Å². The summed E-state index contributed by atoms with van der Waals surface area (Å²) in [4.78, 5) is 35.5. The molecule has 1 aromatic carbocycles. The fourth-order valence-electron chi connectivity index (χ4n) is 2.42. The normalized spacial score (nSPS) is 11.6. The fraction of sp³-hybridized carbons (Fsp3) is 0.316. The van der Waals surface area contributed by atoms with Crippen molar-refractivity contribution in [3.05, 3.63) is 59.5 Å². The molecular weight excluding hydrogens is 368 g/mol. The number of benzene rings is 1. The highest BCUT2D eigenvalue weighted by molar-refractivity contribution is 7.98. The minimum absolute atomic E-state index is 0.0520. The minimum atomic E-state index is -1.17. The van der Waals surface area contributed by atoms with Crippen LogP contribution in [0.2, 0.25) is 0 Å². The van der Waals surface area contributed by atoms with Crippen molar-refractivity contribution in [2.45, 2.75) is 25.4 Å². The first-order valence-corrected chi connectivity index (χ1v) is 9.81. The van der Waals surface area contributed by atoms with Crippen LogP contribution in [0.3, 0.4) is 0 Å². The lowest BCUT2D eigenvalue weighted by atomic mass is 10.1. The Bertz CT molecular complexity index is 775. The molecule has 0 spiro atoms. The first-order chi connectivity index (χ1) is 13.0. The summed E-state index contributed by atoms with van der Waals surface area (Å²) < 4.78 is 5.11. The number of furan rings is 1. The fourth-order valence-corrected chi connectivity index (χ4v) is 2.89. The van der Waals surface area contributed by atoms with E-state index in [4.69, 9.17) is 9.52 Å². The number of carboxylic acid groups (broad SMARTS) is 1. The summed E-state index contributed by atoms with van der Waals surface area (Å²) in [5.74, 6) is -0.867. The number of amides is 2. The van der Waals surface area contributed by atoms with E-state index in [0.29, 0.717) is 17.9 Å². The molecule has 0 aliphatic carbocycles. The van der Waals surface area contributed by atoms with Gasteiger partial charge < -0.3 is 20.2 Å². The average Bonchev–Trinajstić information content (AvgIpc) is 3.13. The Hall–Kier alpha value is -2.74. The predicted octanol–water partition coefficient (Wildman–Crippen LogP) is 2.07. The monoisotopic (exact) mass is 390 g/mol. The number of carbonyl (C=O) groups is 3. The number of rotatable bonds is 10. The van der Waals surface area contributed by atoms with Crippen molar-refractivity contribution in [3.63, 3.8) is 0 Å². The SMILES string of the molecule is CSCCC(NC(=O)Cc1ccccc1)C(=O)NCc1ccc(C(=O)O)o1. The van der Waals surface area contributed by atoms with Crippen LogP contribution in [-0.2, 0) is 22.6 Å². The molecule has 27 heavy (non-hydrogen) atoms. The Morgan fingerprint density at radius 3 is 2.52 bits per heavy atom. The molecule has 7 nitrogen and oxygen atoms in total. The van der Waals surface area contributed by atoms with Gasteiger partial charge in [-0.2, -0.15) is 11.8 Å². The highest BCUT2D eigenvalue weighted by Crippen LogP contribution is 2.08. The maximum Gasteiger partial charge on any atom is 0.371 e. The Morgan fingerprint density at radius 2 is 1.89 bits per heavy atom. The molecule has 0 saturated carbocycles. The van der Waals surface area contributed by atoms with Gasteiger partial charge in [-0.25, -0.2) is 4.79 Å². The zero-order chi connectivity index (χ0) is 19.6. The molecule has 1 atom stereocenters. The second-order valence-corrected chi connectivity index (χ2v) is 6.84. The molecule has 144 valence electrons. The van der Waals surface area contributed by atoms with Gasteiger partial charge in [-0.3, -0.25) is 9.59 Å². The van der Waals surface area contributed by atoms with E-state index in [1.54, 1.807) is 11.8 Å². The van der Waals surface area contributed by atoms with Gasteiger partial charge in [0.25, 0.3) is 0 Å². The van der Waals surface area contributed by atoms with Crippen LogP contribution in [0, 0.1) is 0 Å². The van der Waals surface area contributed by atoms with E-state index in [2.05, 4.69) is 10.6 Å². The van der Waals surface area contributed by atoms with Crippen molar-refractivity contribution in [2.24, 2.45) is 0 Å². The van der Waals surface area contributed by atoms with Gasteiger partial charge in [-0.05, 0) is 36.1 Å². The first-order valence-electron chi connectivity index (χ1n) is 8.41. The van der Waals surface area contributed by atoms with Gasteiger partial charge in [0.2, 0.25) is 17.6 Å². The zero-order valence-corrected chi connectivity index (χ0v) is 15.8. The number of thioether (sulfide) groups is 1. The molecule has 0 aliphatic rings. The lowest BCUT2D eigenvalue weighted by Gasteiger charge is -2.18. The third-order valence-corrected chi connectivity index (χ3v) is 4.42. The summed E-state index contributed by atoms with van der Waals surface area (Å²) >= 11 is 1.58. The molecule has 2 rings (SSSR count). The lowest BCUT2D eigenvalue weighted by molar-refractivity contribution is -0.128. The van der Waals surface area contributed by atoms with Gasteiger partial charge in [0.15, 0.2) is 0 Å². The molecule has 2 amide bonds. The highest BCUT2D eigenvalue weighted by atomic mass is 32.2. The van der Waals surface area contributed by atoms with Crippen LogP contribution in [-0.4, -0.2) is 40.9 Å². The van der Waals surface area contributed by atoms with Gasteiger partial charge >= 0.3 is 5.97 Å². The standard InChI is InChI=1S/C19H22N2O5S/c1-27-10-9-15(21-17(22)11-13-5-3-2-4-6-13)18(23)20-12-14-7-8-16(26-14)19(24)25/h2-8,15H,9-12H2,1H3,(H,20,23)(H,21,22)(H,24,25). The summed E-state index contributed by atoms with van der Waals surface area (Å²) in [6.45, 7) is 0.0520. The Balaban J connectivity index is 1.91. The molecule has 3 N–H and O–H groups in total. The molecule has 2 aromatic rings. The number of hydrogen-bond donors (Lipinski definition) is 3. The van der Waals surface area contributed by atoms with E-state index in [0.717, 1.165) is 5.56 Å². The van der Waals surface area contributed by atoms with E-state index >= 15 is 0 Å². The maximum atomic E-state index is 12.5. The van der Waals surface area contributed by atoms with Gasteiger partial charge in [0.05, 0.1) is 13.0 Å². The van der Waals surface area contributed by atoms with Gasteiger partial charge in [-0.1, -0.05) is 30.3 Å². The maximum absolute atomic E-state index is 12.5. The molecule has 0 aliphatic heterocycles. The second kappa shape index (κ2) is 10.4. The van der Waals surface area contributed by atoms with Crippen molar-refractivity contribution in [3.8, 4) is 0 Å². The van der Waals surface area contributed by atoms with Crippen LogP contribution in [0.4, 0.5) is 0 Å². The number of nitrogens with one attached hydrogen (secondary N) is 2. The highest BCUT2D eigenvalue weighted by Gasteiger charge is 2.21. The number of carboxylic acids is 1. The number of carbonyl (C=O) groups excluding carboxylic acids is 2. The molecule has 0 fully saturated rings. The molecular formula is C19H22N2O5S. The van der Waals surface area contributed by atoms with Crippen LogP contribution in [0.15, 0.2) is 46.9 Å².